The van der Waals surface area contributed by atoms with Gasteiger partial charge in [-0.1, -0.05) is 0 Å². The number of nitrogens with zero attached hydrogens (tertiary/aromatic N) is 1. The van der Waals surface area contributed by atoms with Gasteiger partial charge in [-0.15, -0.1) is 0 Å². The zero-order valence-electron chi connectivity index (χ0n) is 9.86. The van der Waals surface area contributed by atoms with Gasteiger partial charge in [0.05, 0.1) is 12.3 Å². The lowest BCUT2D eigenvalue weighted by atomic mass is 10.1. The summed E-state index contributed by atoms with van der Waals surface area (Å²) in [4.78, 5) is 24.1. The van der Waals surface area contributed by atoms with E-state index >= 15 is 0 Å². The summed E-state index contributed by atoms with van der Waals surface area (Å²) >= 11 is 0. The lowest BCUT2D eigenvalue weighted by Crippen LogP contribution is -2.39. The summed E-state index contributed by atoms with van der Waals surface area (Å²) < 4.78 is 18.9. The van der Waals surface area contributed by atoms with E-state index in [1.54, 1.807) is 4.98 Å². The van der Waals surface area contributed by atoms with Gasteiger partial charge >= 0.3 is 5.69 Å². The third-order valence-corrected chi connectivity index (χ3v) is 2.95. The second-order valence-corrected chi connectivity index (χ2v) is 4.36. The number of halogens is 1. The van der Waals surface area contributed by atoms with Crippen molar-refractivity contribution in [1.82, 2.24) is 9.55 Å². The molecular weight excluding hydrogens is 263 g/mol. The number of aliphatic hydroxyl groups is 3. The van der Waals surface area contributed by atoms with Crippen LogP contribution in [0.15, 0.2) is 15.8 Å². The fraction of sp³-hybridized carbons (Fsp3) is 0.600. The van der Waals surface area contributed by atoms with Crippen LogP contribution in [0.4, 0.5) is 4.39 Å². The number of aromatic amines is 1. The molecule has 1 aliphatic heterocycles. The zero-order chi connectivity index (χ0) is 14.3. The van der Waals surface area contributed by atoms with Gasteiger partial charge < -0.3 is 20.1 Å². The normalized spacial score (nSPS) is 32.5. The summed E-state index contributed by atoms with van der Waals surface area (Å²) in [5.74, 6) is -1.23. The van der Waals surface area contributed by atoms with E-state index < -0.39 is 47.7 Å². The Labute approximate surface area is 105 Å². The molecule has 4 N–H and O–H groups in total. The highest BCUT2D eigenvalue weighted by molar-refractivity contribution is 4.95. The van der Waals surface area contributed by atoms with E-state index in [9.17, 15) is 29.3 Å². The van der Waals surface area contributed by atoms with Crippen LogP contribution in [0.2, 0.25) is 0 Å². The van der Waals surface area contributed by atoms with E-state index in [1.807, 2.05) is 0 Å². The van der Waals surface area contributed by atoms with Crippen LogP contribution in [0.25, 0.3) is 0 Å². The zero-order valence-corrected chi connectivity index (χ0v) is 9.86. The Morgan fingerprint density at radius 2 is 2.05 bits per heavy atom. The monoisotopic (exact) mass is 276 g/mol. The van der Waals surface area contributed by atoms with E-state index in [2.05, 4.69) is 0 Å². The third-order valence-electron chi connectivity index (χ3n) is 2.95. The molecule has 5 atom stereocenters. The van der Waals surface area contributed by atoms with Crippen molar-refractivity contribution in [3.05, 3.63) is 32.9 Å². The molecule has 0 saturated carbocycles. The van der Waals surface area contributed by atoms with Gasteiger partial charge in [0.1, 0.15) is 18.3 Å². The average Bonchev–Trinajstić information content (AvgIpc) is 2.62. The Kier molecular flexibility index (Phi) is 3.54. The molecule has 19 heavy (non-hydrogen) atoms. The molecule has 2 heterocycles. The standard InChI is InChI=1S/C10H13FN2O6/c1-3(14)7-5(15)6(16)9(19-7)13-2-4(11)8(17)12-10(13)18/h2-3,5-7,9,14-16H,1H3,(H,12,17,18)/t3-,5?,6?,7?,9?/m0/s1. The largest absolute Gasteiger partial charge is 0.391 e. The molecule has 0 amide bonds. The summed E-state index contributed by atoms with van der Waals surface area (Å²) in [5, 5.41) is 28.8. The number of aliphatic hydroxyl groups excluding tert-OH is 3. The van der Waals surface area contributed by atoms with Crippen LogP contribution >= 0.6 is 0 Å². The van der Waals surface area contributed by atoms with Crippen molar-refractivity contribution in [2.24, 2.45) is 0 Å². The number of aromatic nitrogens is 2. The first-order valence-electron chi connectivity index (χ1n) is 5.53. The van der Waals surface area contributed by atoms with Gasteiger partial charge in [0.15, 0.2) is 6.23 Å². The predicted molar refractivity (Wildman–Crippen MR) is 58.9 cm³/mol. The van der Waals surface area contributed by atoms with Gasteiger partial charge in [0, 0.05) is 0 Å². The molecule has 0 aromatic carbocycles. The Bertz CT molecular complexity index is 582. The molecule has 1 aromatic heterocycles. The lowest BCUT2D eigenvalue weighted by Gasteiger charge is -2.17. The highest BCUT2D eigenvalue weighted by Crippen LogP contribution is 2.29. The fourth-order valence-corrected chi connectivity index (χ4v) is 1.96. The maximum Gasteiger partial charge on any atom is 0.330 e. The van der Waals surface area contributed by atoms with E-state index in [0.717, 1.165) is 0 Å². The van der Waals surface area contributed by atoms with E-state index in [1.165, 1.54) is 6.92 Å². The molecule has 0 aliphatic carbocycles. The van der Waals surface area contributed by atoms with Crippen LogP contribution in [-0.4, -0.2) is 49.3 Å². The van der Waals surface area contributed by atoms with Crippen LogP contribution in [0.5, 0.6) is 0 Å². The minimum Gasteiger partial charge on any atom is -0.391 e. The molecule has 2 rings (SSSR count). The van der Waals surface area contributed by atoms with E-state index in [4.69, 9.17) is 4.74 Å². The molecule has 1 saturated heterocycles. The molecule has 0 spiro atoms. The Hall–Kier alpha value is -1.55. The quantitative estimate of drug-likeness (QED) is 0.480. The summed E-state index contributed by atoms with van der Waals surface area (Å²) in [5.41, 5.74) is -2.18. The number of rotatable bonds is 2. The highest BCUT2D eigenvalue weighted by atomic mass is 19.1. The number of hydrogen-bond acceptors (Lipinski definition) is 6. The van der Waals surface area contributed by atoms with E-state index in [0.29, 0.717) is 10.8 Å². The first kappa shape index (κ1) is 13.9. The van der Waals surface area contributed by atoms with Gasteiger partial charge in [-0.05, 0) is 6.92 Å². The van der Waals surface area contributed by atoms with Crippen molar-refractivity contribution < 1.29 is 24.4 Å². The van der Waals surface area contributed by atoms with E-state index in [-0.39, 0.29) is 0 Å². The van der Waals surface area contributed by atoms with Crippen molar-refractivity contribution in [3.8, 4) is 0 Å². The summed E-state index contributed by atoms with van der Waals surface area (Å²) in [6.45, 7) is 1.33. The van der Waals surface area contributed by atoms with Gasteiger partial charge in [-0.2, -0.15) is 4.39 Å². The van der Waals surface area contributed by atoms with Crippen molar-refractivity contribution in [1.29, 1.82) is 0 Å². The van der Waals surface area contributed by atoms with Gasteiger partial charge in [-0.25, -0.2) is 4.79 Å². The van der Waals surface area contributed by atoms with Crippen molar-refractivity contribution in [3.63, 3.8) is 0 Å². The molecular formula is C10H13FN2O6. The maximum absolute atomic E-state index is 13.1. The molecule has 9 heteroatoms. The van der Waals surface area contributed by atoms with Crippen molar-refractivity contribution in [2.75, 3.05) is 0 Å². The first-order valence-corrected chi connectivity index (χ1v) is 5.53. The molecule has 1 aliphatic rings. The smallest absolute Gasteiger partial charge is 0.330 e. The third kappa shape index (κ3) is 2.32. The summed E-state index contributed by atoms with van der Waals surface area (Å²) in [6.07, 6.45) is -6.02. The minimum absolute atomic E-state index is 0.576. The number of hydrogen-bond donors (Lipinski definition) is 4. The molecule has 0 radical (unpaired) electrons. The Balaban J connectivity index is 2.41. The van der Waals surface area contributed by atoms with Crippen molar-refractivity contribution in [2.45, 2.75) is 37.6 Å². The van der Waals surface area contributed by atoms with Crippen LogP contribution < -0.4 is 11.2 Å². The Morgan fingerprint density at radius 3 is 2.58 bits per heavy atom. The van der Waals surface area contributed by atoms with Crippen LogP contribution in [0.3, 0.4) is 0 Å². The number of H-pyrrole nitrogens is 1. The fourth-order valence-electron chi connectivity index (χ4n) is 1.96. The van der Waals surface area contributed by atoms with Crippen LogP contribution in [0, 0.1) is 5.82 Å². The lowest BCUT2D eigenvalue weighted by molar-refractivity contribution is -0.0806. The Morgan fingerprint density at radius 1 is 1.42 bits per heavy atom. The van der Waals surface area contributed by atoms with Gasteiger partial charge in [0.2, 0.25) is 5.82 Å². The first-order chi connectivity index (χ1) is 8.82. The van der Waals surface area contributed by atoms with Gasteiger partial charge in [0.25, 0.3) is 5.56 Å². The highest BCUT2D eigenvalue weighted by Gasteiger charge is 2.46. The molecule has 8 nitrogen and oxygen atoms in total. The molecule has 0 bridgehead atoms. The van der Waals surface area contributed by atoms with Gasteiger partial charge in [-0.3, -0.25) is 14.3 Å². The molecule has 106 valence electrons. The number of nitrogens with one attached hydrogen (secondary N) is 1. The molecule has 1 aromatic rings. The average molecular weight is 276 g/mol. The van der Waals surface area contributed by atoms with Crippen molar-refractivity contribution >= 4 is 0 Å². The second kappa shape index (κ2) is 4.85. The predicted octanol–water partition coefficient (Wildman–Crippen LogP) is -2.32. The summed E-state index contributed by atoms with van der Waals surface area (Å²) in [7, 11) is 0. The SMILES string of the molecule is C[C@H](O)C1OC(n2cc(F)c(=O)[nH]c2=O)C(O)C1O. The second-order valence-electron chi connectivity index (χ2n) is 4.36. The molecule has 1 fully saturated rings. The van der Waals surface area contributed by atoms with Crippen LogP contribution in [0.1, 0.15) is 13.2 Å². The minimum atomic E-state index is -1.54. The topological polar surface area (TPSA) is 125 Å². The number of ether oxygens (including phenoxy) is 1. The molecule has 4 unspecified atom stereocenters. The maximum atomic E-state index is 13.1. The van der Waals surface area contributed by atoms with Crippen LogP contribution in [-0.2, 0) is 4.74 Å². The summed E-state index contributed by atoms with van der Waals surface area (Å²) in [6, 6.07) is 0.